The molecule has 1 aromatic rings. The summed E-state index contributed by atoms with van der Waals surface area (Å²) >= 11 is 5.83. The van der Waals surface area contributed by atoms with Crippen LogP contribution in [-0.4, -0.2) is 49.5 Å². The molecule has 2 unspecified atom stereocenters. The van der Waals surface area contributed by atoms with Gasteiger partial charge in [0.05, 0.1) is 29.1 Å². The molecule has 2 heterocycles. The molecule has 0 bridgehead atoms. The standard InChI is InChI=1S/C8H12ClN3O4S2/c1-12-3-6(2-10-12)18(15,16)11-8-5-17(13,14)4-7(8)9/h2-3,7-8,11H,4-5H2,1H3. The maximum Gasteiger partial charge on any atom is 0.244 e. The van der Waals surface area contributed by atoms with Crippen LogP contribution in [0.25, 0.3) is 0 Å². The van der Waals surface area contributed by atoms with Crippen molar-refractivity contribution in [3.05, 3.63) is 12.4 Å². The third-order valence-corrected chi connectivity index (χ3v) is 6.40. The summed E-state index contributed by atoms with van der Waals surface area (Å²) in [4.78, 5) is -0.0156. The molecule has 1 aliphatic heterocycles. The molecule has 2 rings (SSSR count). The first-order chi connectivity index (χ1) is 8.20. The molecule has 102 valence electrons. The monoisotopic (exact) mass is 313 g/mol. The van der Waals surface area contributed by atoms with Gasteiger partial charge in [-0.2, -0.15) is 5.10 Å². The zero-order valence-corrected chi connectivity index (χ0v) is 11.8. The molecule has 0 saturated carbocycles. The minimum Gasteiger partial charge on any atom is -0.274 e. The van der Waals surface area contributed by atoms with Crippen molar-refractivity contribution >= 4 is 31.5 Å². The van der Waals surface area contributed by atoms with Crippen LogP contribution in [0.4, 0.5) is 0 Å². The van der Waals surface area contributed by atoms with Crippen molar-refractivity contribution in [2.24, 2.45) is 7.05 Å². The highest BCUT2D eigenvalue weighted by Gasteiger charge is 2.39. The Kier molecular flexibility index (Phi) is 3.43. The summed E-state index contributed by atoms with van der Waals surface area (Å²) in [6.07, 6.45) is 2.52. The summed E-state index contributed by atoms with van der Waals surface area (Å²) < 4.78 is 50.2. The van der Waals surface area contributed by atoms with E-state index in [4.69, 9.17) is 11.6 Å². The largest absolute Gasteiger partial charge is 0.274 e. The minimum atomic E-state index is -3.79. The number of sulfone groups is 1. The van der Waals surface area contributed by atoms with Gasteiger partial charge >= 0.3 is 0 Å². The summed E-state index contributed by atoms with van der Waals surface area (Å²) in [6.45, 7) is 0. The van der Waals surface area contributed by atoms with E-state index in [9.17, 15) is 16.8 Å². The molecule has 2 atom stereocenters. The van der Waals surface area contributed by atoms with Crippen LogP contribution in [0.3, 0.4) is 0 Å². The Hall–Kier alpha value is -0.640. The molecule has 1 aromatic heterocycles. The van der Waals surface area contributed by atoms with Gasteiger partial charge in [0.25, 0.3) is 0 Å². The number of alkyl halides is 1. The Balaban J connectivity index is 2.20. The molecule has 18 heavy (non-hydrogen) atoms. The van der Waals surface area contributed by atoms with E-state index in [0.29, 0.717) is 0 Å². The van der Waals surface area contributed by atoms with Gasteiger partial charge in [-0.1, -0.05) is 0 Å². The van der Waals surface area contributed by atoms with Crippen LogP contribution in [0.1, 0.15) is 0 Å². The van der Waals surface area contributed by atoms with Crippen molar-refractivity contribution in [2.75, 3.05) is 11.5 Å². The molecule has 1 aliphatic rings. The number of nitrogens with one attached hydrogen (secondary N) is 1. The van der Waals surface area contributed by atoms with Gasteiger partial charge in [0, 0.05) is 13.2 Å². The second-order valence-corrected chi connectivity index (χ2v) is 8.60. The molecule has 0 aromatic carbocycles. The van der Waals surface area contributed by atoms with Crippen molar-refractivity contribution in [1.29, 1.82) is 0 Å². The lowest BCUT2D eigenvalue weighted by molar-refractivity contribution is 0.563. The number of halogens is 1. The maximum absolute atomic E-state index is 11.9. The predicted molar refractivity (Wildman–Crippen MR) is 65.6 cm³/mol. The normalized spacial score (nSPS) is 27.4. The molecular formula is C8H12ClN3O4S2. The van der Waals surface area contributed by atoms with E-state index in [0.717, 1.165) is 0 Å². The van der Waals surface area contributed by atoms with E-state index in [-0.39, 0.29) is 16.4 Å². The molecule has 1 saturated heterocycles. The second kappa shape index (κ2) is 4.48. The van der Waals surface area contributed by atoms with Crippen molar-refractivity contribution < 1.29 is 16.8 Å². The molecule has 1 fully saturated rings. The molecule has 0 aliphatic carbocycles. The summed E-state index contributed by atoms with van der Waals surface area (Å²) in [5.74, 6) is -0.491. The van der Waals surface area contributed by atoms with Crippen LogP contribution in [0.5, 0.6) is 0 Å². The quantitative estimate of drug-likeness (QED) is 0.729. The molecule has 0 spiro atoms. The van der Waals surface area contributed by atoms with Gasteiger partial charge in [-0.25, -0.2) is 21.6 Å². The van der Waals surface area contributed by atoms with Gasteiger partial charge in [0.2, 0.25) is 10.0 Å². The fourth-order valence-corrected chi connectivity index (χ4v) is 5.71. The number of rotatable bonds is 3. The topological polar surface area (TPSA) is 98.1 Å². The van der Waals surface area contributed by atoms with Crippen molar-refractivity contribution in [3.8, 4) is 0 Å². The Labute approximate surface area is 110 Å². The van der Waals surface area contributed by atoms with Gasteiger partial charge in [0.1, 0.15) is 4.90 Å². The molecular weight excluding hydrogens is 302 g/mol. The number of nitrogens with zero attached hydrogens (tertiary/aromatic N) is 2. The Bertz CT molecular complexity index is 652. The van der Waals surface area contributed by atoms with Crippen LogP contribution in [0, 0.1) is 0 Å². The van der Waals surface area contributed by atoms with Crippen LogP contribution in [0.15, 0.2) is 17.3 Å². The second-order valence-electron chi connectivity index (χ2n) is 4.17. The number of aryl methyl sites for hydroxylation is 1. The third kappa shape index (κ3) is 2.85. The number of aromatic nitrogens is 2. The van der Waals surface area contributed by atoms with Gasteiger partial charge in [-0.15, -0.1) is 11.6 Å². The van der Waals surface area contributed by atoms with Gasteiger partial charge < -0.3 is 0 Å². The zero-order valence-electron chi connectivity index (χ0n) is 9.45. The molecule has 0 radical (unpaired) electrons. The Morgan fingerprint density at radius 1 is 1.50 bits per heavy atom. The van der Waals surface area contributed by atoms with Gasteiger partial charge in [-0.3, -0.25) is 4.68 Å². The Morgan fingerprint density at radius 3 is 2.61 bits per heavy atom. The SMILES string of the molecule is Cn1cc(S(=O)(=O)NC2CS(=O)(=O)CC2Cl)cn1. The van der Waals surface area contributed by atoms with Crippen LogP contribution < -0.4 is 4.72 Å². The smallest absolute Gasteiger partial charge is 0.244 e. The van der Waals surface area contributed by atoms with Crippen molar-refractivity contribution in [3.63, 3.8) is 0 Å². The van der Waals surface area contributed by atoms with E-state index in [2.05, 4.69) is 9.82 Å². The first-order valence-electron chi connectivity index (χ1n) is 5.05. The molecule has 10 heteroatoms. The number of sulfonamides is 1. The van der Waals surface area contributed by atoms with Crippen LogP contribution in [-0.2, 0) is 26.9 Å². The highest BCUT2D eigenvalue weighted by molar-refractivity contribution is 7.92. The lowest BCUT2D eigenvalue weighted by atomic mass is 10.3. The van der Waals surface area contributed by atoms with Crippen LogP contribution >= 0.6 is 11.6 Å². The zero-order chi connectivity index (χ0) is 13.6. The number of hydrogen-bond acceptors (Lipinski definition) is 5. The summed E-state index contributed by atoms with van der Waals surface area (Å²) in [5, 5.41) is 3.00. The fourth-order valence-electron chi connectivity index (χ4n) is 1.72. The van der Waals surface area contributed by atoms with Crippen molar-refractivity contribution in [1.82, 2.24) is 14.5 Å². The lowest BCUT2D eigenvalue weighted by Crippen LogP contribution is -2.40. The van der Waals surface area contributed by atoms with E-state index in [1.807, 2.05) is 0 Å². The van der Waals surface area contributed by atoms with E-state index in [1.165, 1.54) is 17.1 Å². The van der Waals surface area contributed by atoms with E-state index in [1.54, 1.807) is 7.05 Å². The summed E-state index contributed by atoms with van der Waals surface area (Å²) in [7, 11) is -5.48. The molecule has 1 N–H and O–H groups in total. The average Bonchev–Trinajstić information content (AvgIpc) is 2.71. The first kappa shape index (κ1) is 13.8. The maximum atomic E-state index is 11.9. The van der Waals surface area contributed by atoms with Gasteiger partial charge in [-0.05, 0) is 0 Å². The molecule has 7 nitrogen and oxygen atoms in total. The van der Waals surface area contributed by atoms with Crippen LogP contribution in [0.2, 0.25) is 0 Å². The summed E-state index contributed by atoms with van der Waals surface area (Å²) in [6, 6.07) is -0.804. The third-order valence-electron chi connectivity index (χ3n) is 2.58. The Morgan fingerprint density at radius 2 is 2.17 bits per heavy atom. The number of hydrogen-bond donors (Lipinski definition) is 1. The highest BCUT2D eigenvalue weighted by atomic mass is 35.5. The van der Waals surface area contributed by atoms with E-state index >= 15 is 0 Å². The predicted octanol–water partition coefficient (Wildman–Crippen LogP) is -0.897. The van der Waals surface area contributed by atoms with Crippen molar-refractivity contribution in [2.45, 2.75) is 16.3 Å². The van der Waals surface area contributed by atoms with E-state index < -0.39 is 31.3 Å². The molecule has 0 amide bonds. The summed E-state index contributed by atoms with van der Waals surface area (Å²) in [5.41, 5.74) is 0. The average molecular weight is 314 g/mol. The minimum absolute atomic E-state index is 0.0156. The first-order valence-corrected chi connectivity index (χ1v) is 8.79. The van der Waals surface area contributed by atoms with Gasteiger partial charge in [0.15, 0.2) is 9.84 Å². The lowest BCUT2D eigenvalue weighted by Gasteiger charge is -2.13. The fraction of sp³-hybridized carbons (Fsp3) is 0.625. The highest BCUT2D eigenvalue weighted by Crippen LogP contribution is 2.20.